The molecule has 0 amide bonds. The Morgan fingerprint density at radius 2 is 2.00 bits per heavy atom. The average molecular weight is 195 g/mol. The minimum atomic E-state index is 0.495. The van der Waals surface area contributed by atoms with E-state index < -0.39 is 0 Å². The third-order valence-corrected chi connectivity index (χ3v) is 3.30. The molecule has 0 aliphatic heterocycles. The molecule has 0 saturated heterocycles. The first-order valence-electron chi connectivity index (χ1n) is 5.98. The van der Waals surface area contributed by atoms with Gasteiger partial charge in [-0.1, -0.05) is 25.0 Å². The van der Waals surface area contributed by atoms with Crippen molar-refractivity contribution in [1.29, 1.82) is 0 Å². The van der Waals surface area contributed by atoms with Gasteiger partial charge < -0.3 is 0 Å². The lowest BCUT2D eigenvalue weighted by Gasteiger charge is -2.19. The first-order chi connectivity index (χ1) is 6.95. The molecule has 0 aromatic rings. The van der Waals surface area contributed by atoms with Crippen LogP contribution >= 0.6 is 0 Å². The van der Waals surface area contributed by atoms with Gasteiger partial charge in [0, 0.05) is 6.54 Å². The molecule has 0 heterocycles. The van der Waals surface area contributed by atoms with E-state index in [1.54, 1.807) is 0 Å². The van der Waals surface area contributed by atoms with E-state index >= 15 is 0 Å². The van der Waals surface area contributed by atoms with Crippen molar-refractivity contribution in [2.24, 2.45) is 5.92 Å². The van der Waals surface area contributed by atoms with Gasteiger partial charge in [-0.25, -0.2) is 5.48 Å². The summed E-state index contributed by atoms with van der Waals surface area (Å²) in [7, 11) is 0. The summed E-state index contributed by atoms with van der Waals surface area (Å²) < 4.78 is 0. The lowest BCUT2D eigenvalue weighted by atomic mass is 9.95. The molecular formula is C12H21NO. The maximum absolute atomic E-state index is 5.63. The van der Waals surface area contributed by atoms with Gasteiger partial charge in [-0.15, -0.1) is 0 Å². The zero-order valence-corrected chi connectivity index (χ0v) is 8.87. The molecule has 1 atom stereocenters. The van der Waals surface area contributed by atoms with Gasteiger partial charge in [0.25, 0.3) is 0 Å². The summed E-state index contributed by atoms with van der Waals surface area (Å²) in [4.78, 5) is 5.63. The third kappa shape index (κ3) is 3.10. The SMILES string of the molecule is C1=CCC(CNOC2CCCC2)CC1. The van der Waals surface area contributed by atoms with E-state index in [1.165, 1.54) is 44.9 Å². The Morgan fingerprint density at radius 3 is 2.71 bits per heavy atom. The van der Waals surface area contributed by atoms with Gasteiger partial charge in [0.1, 0.15) is 0 Å². The Morgan fingerprint density at radius 1 is 1.14 bits per heavy atom. The summed E-state index contributed by atoms with van der Waals surface area (Å²) in [5.41, 5.74) is 3.16. The minimum Gasteiger partial charge on any atom is -0.299 e. The molecule has 2 aliphatic rings. The van der Waals surface area contributed by atoms with Crippen LogP contribution in [0.15, 0.2) is 12.2 Å². The van der Waals surface area contributed by atoms with Crippen LogP contribution in [0.3, 0.4) is 0 Å². The zero-order chi connectivity index (χ0) is 9.64. The maximum Gasteiger partial charge on any atom is 0.0790 e. The van der Waals surface area contributed by atoms with E-state index in [0.29, 0.717) is 6.10 Å². The van der Waals surface area contributed by atoms with Crippen LogP contribution in [0.5, 0.6) is 0 Å². The third-order valence-electron chi connectivity index (χ3n) is 3.30. The van der Waals surface area contributed by atoms with Crippen molar-refractivity contribution < 1.29 is 4.84 Å². The van der Waals surface area contributed by atoms with Crippen LogP contribution in [0.1, 0.15) is 44.9 Å². The van der Waals surface area contributed by atoms with Crippen molar-refractivity contribution in [2.45, 2.75) is 51.0 Å². The largest absolute Gasteiger partial charge is 0.299 e. The van der Waals surface area contributed by atoms with Crippen molar-refractivity contribution >= 4 is 0 Å². The molecule has 2 heteroatoms. The highest BCUT2D eigenvalue weighted by Gasteiger charge is 2.16. The van der Waals surface area contributed by atoms with Gasteiger partial charge >= 0.3 is 0 Å². The maximum atomic E-state index is 5.63. The fourth-order valence-electron chi connectivity index (χ4n) is 2.33. The molecular weight excluding hydrogens is 174 g/mol. The Kier molecular flexibility index (Phi) is 4.02. The molecule has 80 valence electrons. The van der Waals surface area contributed by atoms with Crippen LogP contribution in [0, 0.1) is 5.92 Å². The van der Waals surface area contributed by atoms with Crippen molar-refractivity contribution in [3.8, 4) is 0 Å². The summed E-state index contributed by atoms with van der Waals surface area (Å²) >= 11 is 0. The smallest absolute Gasteiger partial charge is 0.0790 e. The van der Waals surface area contributed by atoms with Crippen LogP contribution in [0.2, 0.25) is 0 Å². The molecule has 0 bridgehead atoms. The molecule has 0 spiro atoms. The zero-order valence-electron chi connectivity index (χ0n) is 8.87. The summed E-state index contributed by atoms with van der Waals surface area (Å²) in [5.74, 6) is 0.793. The van der Waals surface area contributed by atoms with E-state index in [2.05, 4.69) is 17.6 Å². The fourth-order valence-corrected chi connectivity index (χ4v) is 2.33. The van der Waals surface area contributed by atoms with Crippen molar-refractivity contribution in [3.05, 3.63) is 12.2 Å². The molecule has 1 unspecified atom stereocenters. The normalized spacial score (nSPS) is 28.4. The van der Waals surface area contributed by atoms with Gasteiger partial charge in [-0.05, 0) is 38.0 Å². The van der Waals surface area contributed by atoms with Crippen LogP contribution < -0.4 is 5.48 Å². The van der Waals surface area contributed by atoms with Crippen molar-refractivity contribution in [2.75, 3.05) is 6.54 Å². The van der Waals surface area contributed by atoms with Crippen LogP contribution in [-0.4, -0.2) is 12.6 Å². The van der Waals surface area contributed by atoms with Gasteiger partial charge in [0.05, 0.1) is 6.10 Å². The summed E-state index contributed by atoms with van der Waals surface area (Å²) in [6, 6.07) is 0. The minimum absolute atomic E-state index is 0.495. The summed E-state index contributed by atoms with van der Waals surface area (Å²) in [6.45, 7) is 1.03. The second-order valence-corrected chi connectivity index (χ2v) is 4.52. The molecule has 14 heavy (non-hydrogen) atoms. The molecule has 0 radical (unpaired) electrons. The highest BCUT2D eigenvalue weighted by molar-refractivity contribution is 4.90. The van der Waals surface area contributed by atoms with Gasteiger partial charge in [0.2, 0.25) is 0 Å². The highest BCUT2D eigenvalue weighted by atomic mass is 16.7. The quantitative estimate of drug-likeness (QED) is 0.550. The van der Waals surface area contributed by atoms with Crippen molar-refractivity contribution in [1.82, 2.24) is 5.48 Å². The predicted octanol–water partition coefficient (Wildman–Crippen LogP) is 2.81. The fraction of sp³-hybridized carbons (Fsp3) is 0.833. The molecule has 2 rings (SSSR count). The van der Waals surface area contributed by atoms with Crippen LogP contribution in [0.4, 0.5) is 0 Å². The lowest BCUT2D eigenvalue weighted by molar-refractivity contribution is -0.0271. The first-order valence-corrected chi connectivity index (χ1v) is 5.98. The Hall–Kier alpha value is -0.340. The van der Waals surface area contributed by atoms with Crippen LogP contribution in [0.25, 0.3) is 0 Å². The summed E-state index contributed by atoms with van der Waals surface area (Å²) in [6.07, 6.45) is 14.1. The monoisotopic (exact) mass is 195 g/mol. The predicted molar refractivity (Wildman–Crippen MR) is 57.8 cm³/mol. The first kappa shape index (κ1) is 10.2. The van der Waals surface area contributed by atoms with E-state index in [9.17, 15) is 0 Å². The van der Waals surface area contributed by atoms with Gasteiger partial charge in [0.15, 0.2) is 0 Å². The van der Waals surface area contributed by atoms with E-state index in [0.717, 1.165) is 12.5 Å². The Bertz CT molecular complexity index is 185. The molecule has 2 nitrogen and oxygen atoms in total. The Balaban J connectivity index is 1.55. The number of rotatable bonds is 4. The molecule has 1 saturated carbocycles. The number of allylic oxidation sites excluding steroid dienone is 2. The Labute approximate surface area is 86.7 Å². The van der Waals surface area contributed by atoms with Gasteiger partial charge in [-0.3, -0.25) is 4.84 Å². The second-order valence-electron chi connectivity index (χ2n) is 4.52. The van der Waals surface area contributed by atoms with Gasteiger partial charge in [-0.2, -0.15) is 0 Å². The standard InChI is InChI=1S/C12H21NO/c1-2-6-11(7-3-1)10-13-14-12-8-4-5-9-12/h1-2,11-13H,3-10H2. The average Bonchev–Trinajstić information content (AvgIpc) is 2.72. The second kappa shape index (κ2) is 5.52. The number of hydrogen-bond acceptors (Lipinski definition) is 2. The topological polar surface area (TPSA) is 21.3 Å². The number of hydrogen-bond donors (Lipinski definition) is 1. The highest BCUT2D eigenvalue weighted by Crippen LogP contribution is 2.21. The molecule has 1 N–H and O–H groups in total. The molecule has 0 aromatic heterocycles. The summed E-state index contributed by atoms with van der Waals surface area (Å²) in [5, 5.41) is 0. The van der Waals surface area contributed by atoms with E-state index in [1.807, 2.05) is 0 Å². The lowest BCUT2D eigenvalue weighted by Crippen LogP contribution is -2.27. The number of hydroxylamine groups is 1. The van der Waals surface area contributed by atoms with Crippen LogP contribution in [-0.2, 0) is 4.84 Å². The molecule has 0 aromatic carbocycles. The van der Waals surface area contributed by atoms with E-state index in [-0.39, 0.29) is 0 Å². The molecule has 1 fully saturated rings. The van der Waals surface area contributed by atoms with Crippen molar-refractivity contribution in [3.63, 3.8) is 0 Å². The number of nitrogens with one attached hydrogen (secondary N) is 1. The van der Waals surface area contributed by atoms with E-state index in [4.69, 9.17) is 4.84 Å². The molecule has 2 aliphatic carbocycles.